The molecular formula is C21H26BrFN2O3. The summed E-state index contributed by atoms with van der Waals surface area (Å²) in [6.07, 6.45) is 0.133. The molecule has 0 fully saturated rings. The first-order chi connectivity index (χ1) is 13.5. The fraction of sp³-hybridized carbons (Fsp3) is 0.381. The molecule has 2 aromatic rings. The molecule has 152 valence electrons. The van der Waals surface area contributed by atoms with Gasteiger partial charge in [-0.3, -0.25) is 0 Å². The Hall–Kier alpha value is -1.96. The number of anilines is 1. The normalized spacial score (nSPS) is 10.9. The van der Waals surface area contributed by atoms with Crippen LogP contribution in [0.15, 0.2) is 53.0 Å². The molecule has 0 saturated carbocycles. The Labute approximate surface area is 174 Å². The Morgan fingerprint density at radius 2 is 1.82 bits per heavy atom. The average Bonchev–Trinajstić information content (AvgIpc) is 2.68. The van der Waals surface area contributed by atoms with Crippen LogP contribution in [0.25, 0.3) is 0 Å². The number of urea groups is 1. The van der Waals surface area contributed by atoms with Crippen LogP contribution in [0.4, 0.5) is 14.9 Å². The summed E-state index contributed by atoms with van der Waals surface area (Å²) in [7, 11) is 0. The van der Waals surface area contributed by atoms with Crippen LogP contribution < -0.4 is 5.32 Å². The van der Waals surface area contributed by atoms with Crippen molar-refractivity contribution in [2.24, 2.45) is 0 Å². The van der Waals surface area contributed by atoms with E-state index in [1.807, 2.05) is 44.2 Å². The minimum Gasteiger partial charge on any atom is -0.351 e. The van der Waals surface area contributed by atoms with Crippen molar-refractivity contribution in [1.29, 1.82) is 0 Å². The first kappa shape index (κ1) is 22.3. The molecule has 7 heteroatoms. The van der Waals surface area contributed by atoms with E-state index in [0.717, 1.165) is 5.56 Å². The third-order valence-electron chi connectivity index (χ3n) is 4.05. The Balaban J connectivity index is 2.11. The molecule has 0 unspecified atom stereocenters. The van der Waals surface area contributed by atoms with E-state index >= 15 is 0 Å². The van der Waals surface area contributed by atoms with Crippen molar-refractivity contribution >= 4 is 27.6 Å². The number of carbonyl (C=O) groups is 1. The van der Waals surface area contributed by atoms with E-state index in [-0.39, 0.29) is 12.2 Å². The Morgan fingerprint density at radius 1 is 1.14 bits per heavy atom. The minimum atomic E-state index is -0.536. The molecule has 0 radical (unpaired) electrons. The van der Waals surface area contributed by atoms with Crippen LogP contribution in [0, 0.1) is 5.82 Å². The molecule has 2 amide bonds. The second kappa shape index (κ2) is 11.8. The lowest BCUT2D eigenvalue weighted by atomic mass is 10.1. The first-order valence-corrected chi connectivity index (χ1v) is 10.1. The zero-order chi connectivity index (χ0) is 20.4. The number of benzene rings is 2. The standard InChI is InChI=1S/C21H26BrFN2O3/c1-3-27-20(28-4-2)15-25(13-12-16-8-6-5-7-9-16)21(26)24-19-11-10-17(22)14-18(19)23/h5-11,14,20H,3-4,12-13,15H2,1-2H3,(H,24,26). The zero-order valence-electron chi connectivity index (χ0n) is 16.2. The van der Waals surface area contributed by atoms with Crippen LogP contribution >= 0.6 is 15.9 Å². The van der Waals surface area contributed by atoms with Gasteiger partial charge in [-0.25, -0.2) is 9.18 Å². The average molecular weight is 453 g/mol. The SMILES string of the molecule is CCOC(CN(CCc1ccccc1)C(=O)Nc1ccc(Br)cc1F)OCC. The summed E-state index contributed by atoms with van der Waals surface area (Å²) >= 11 is 3.21. The highest BCUT2D eigenvalue weighted by Gasteiger charge is 2.20. The first-order valence-electron chi connectivity index (χ1n) is 9.31. The molecule has 0 spiro atoms. The van der Waals surface area contributed by atoms with E-state index in [1.54, 1.807) is 11.0 Å². The molecular weight excluding hydrogens is 427 g/mol. The van der Waals surface area contributed by atoms with Crippen molar-refractivity contribution < 1.29 is 18.7 Å². The topological polar surface area (TPSA) is 50.8 Å². The van der Waals surface area contributed by atoms with Gasteiger partial charge in [-0.2, -0.15) is 0 Å². The summed E-state index contributed by atoms with van der Waals surface area (Å²) < 4.78 is 25.9. The third-order valence-corrected chi connectivity index (χ3v) is 4.54. The van der Waals surface area contributed by atoms with E-state index in [4.69, 9.17) is 9.47 Å². The summed E-state index contributed by atoms with van der Waals surface area (Å²) in [5.74, 6) is -0.503. The minimum absolute atomic E-state index is 0.127. The summed E-state index contributed by atoms with van der Waals surface area (Å²) in [5, 5.41) is 2.64. The van der Waals surface area contributed by atoms with Crippen molar-refractivity contribution in [2.75, 3.05) is 31.6 Å². The molecule has 0 saturated heterocycles. The van der Waals surface area contributed by atoms with Crippen LogP contribution in [-0.4, -0.2) is 43.5 Å². The number of nitrogens with one attached hydrogen (secondary N) is 1. The largest absolute Gasteiger partial charge is 0.351 e. The van der Waals surface area contributed by atoms with E-state index < -0.39 is 18.1 Å². The molecule has 0 aliphatic rings. The summed E-state index contributed by atoms with van der Waals surface area (Å²) in [4.78, 5) is 14.4. The summed E-state index contributed by atoms with van der Waals surface area (Å²) in [5.41, 5.74) is 1.24. The molecule has 2 rings (SSSR count). The predicted molar refractivity (Wildman–Crippen MR) is 112 cm³/mol. The molecule has 0 bridgehead atoms. The maximum Gasteiger partial charge on any atom is 0.322 e. The van der Waals surface area contributed by atoms with Gasteiger partial charge >= 0.3 is 6.03 Å². The van der Waals surface area contributed by atoms with Gasteiger partial charge < -0.3 is 19.7 Å². The molecule has 0 heterocycles. The number of rotatable bonds is 10. The number of hydrogen-bond donors (Lipinski definition) is 1. The number of carbonyl (C=O) groups excluding carboxylic acids is 1. The maximum absolute atomic E-state index is 14.1. The fourth-order valence-electron chi connectivity index (χ4n) is 2.67. The predicted octanol–water partition coefficient (Wildman–Crippen LogP) is 5.06. The summed E-state index contributed by atoms with van der Waals surface area (Å²) in [6.45, 7) is 5.39. The van der Waals surface area contributed by atoms with Crippen molar-refractivity contribution in [3.63, 3.8) is 0 Å². The van der Waals surface area contributed by atoms with Crippen LogP contribution in [0.3, 0.4) is 0 Å². The number of hydrogen-bond acceptors (Lipinski definition) is 3. The molecule has 0 atom stereocenters. The molecule has 0 aromatic heterocycles. The van der Waals surface area contributed by atoms with E-state index in [0.29, 0.717) is 30.7 Å². The second-order valence-electron chi connectivity index (χ2n) is 6.08. The van der Waals surface area contributed by atoms with Crippen LogP contribution in [-0.2, 0) is 15.9 Å². The van der Waals surface area contributed by atoms with Gasteiger partial charge in [-0.1, -0.05) is 46.3 Å². The number of halogens is 2. The smallest absolute Gasteiger partial charge is 0.322 e. The number of nitrogens with zero attached hydrogens (tertiary/aromatic N) is 1. The molecule has 0 aliphatic carbocycles. The lowest BCUT2D eigenvalue weighted by Gasteiger charge is -2.27. The molecule has 1 N–H and O–H groups in total. The lowest BCUT2D eigenvalue weighted by Crippen LogP contribution is -2.43. The van der Waals surface area contributed by atoms with Crippen molar-refractivity contribution in [3.05, 3.63) is 64.4 Å². The Kier molecular flexibility index (Phi) is 9.40. The summed E-state index contributed by atoms with van der Waals surface area (Å²) in [6, 6.07) is 14.0. The van der Waals surface area contributed by atoms with Gasteiger partial charge in [-0.05, 0) is 44.0 Å². The molecule has 2 aromatic carbocycles. The van der Waals surface area contributed by atoms with Crippen LogP contribution in [0.1, 0.15) is 19.4 Å². The van der Waals surface area contributed by atoms with Gasteiger partial charge in [0.05, 0.1) is 12.2 Å². The number of ether oxygens (including phenoxy) is 2. The number of amides is 2. The van der Waals surface area contributed by atoms with E-state index in [9.17, 15) is 9.18 Å². The van der Waals surface area contributed by atoms with Gasteiger partial charge in [-0.15, -0.1) is 0 Å². The Morgan fingerprint density at radius 3 is 2.43 bits per heavy atom. The molecule has 28 heavy (non-hydrogen) atoms. The van der Waals surface area contributed by atoms with Gasteiger partial charge in [0, 0.05) is 24.2 Å². The molecule has 5 nitrogen and oxygen atoms in total. The van der Waals surface area contributed by atoms with Gasteiger partial charge in [0.2, 0.25) is 0 Å². The quantitative estimate of drug-likeness (QED) is 0.512. The zero-order valence-corrected chi connectivity index (χ0v) is 17.7. The highest BCUT2D eigenvalue weighted by atomic mass is 79.9. The Bertz CT molecular complexity index is 740. The van der Waals surface area contributed by atoms with Crippen LogP contribution in [0.2, 0.25) is 0 Å². The van der Waals surface area contributed by atoms with Gasteiger partial charge in [0.25, 0.3) is 0 Å². The van der Waals surface area contributed by atoms with Crippen molar-refractivity contribution in [3.8, 4) is 0 Å². The maximum atomic E-state index is 14.1. The van der Waals surface area contributed by atoms with Crippen LogP contribution in [0.5, 0.6) is 0 Å². The third kappa shape index (κ3) is 7.22. The van der Waals surface area contributed by atoms with Gasteiger partial charge in [0.15, 0.2) is 6.29 Å². The van der Waals surface area contributed by atoms with E-state index in [2.05, 4.69) is 21.2 Å². The van der Waals surface area contributed by atoms with Gasteiger partial charge in [0.1, 0.15) is 5.82 Å². The lowest BCUT2D eigenvalue weighted by molar-refractivity contribution is -0.142. The highest BCUT2D eigenvalue weighted by molar-refractivity contribution is 9.10. The van der Waals surface area contributed by atoms with Crippen molar-refractivity contribution in [1.82, 2.24) is 4.90 Å². The second-order valence-corrected chi connectivity index (χ2v) is 6.99. The molecule has 0 aliphatic heterocycles. The van der Waals surface area contributed by atoms with Crippen molar-refractivity contribution in [2.45, 2.75) is 26.6 Å². The fourth-order valence-corrected chi connectivity index (χ4v) is 3.01. The highest BCUT2D eigenvalue weighted by Crippen LogP contribution is 2.20. The monoisotopic (exact) mass is 452 g/mol. The van der Waals surface area contributed by atoms with E-state index in [1.165, 1.54) is 12.1 Å².